The second kappa shape index (κ2) is 8.83. The number of carbonyl (C=O) groups excluding carboxylic acids is 1. The zero-order valence-corrected chi connectivity index (χ0v) is 17.1. The summed E-state index contributed by atoms with van der Waals surface area (Å²) in [6, 6.07) is 12.1. The normalized spacial score (nSPS) is 12.1. The van der Waals surface area contributed by atoms with E-state index >= 15 is 0 Å². The van der Waals surface area contributed by atoms with Gasteiger partial charge in [0.15, 0.2) is 0 Å². The summed E-state index contributed by atoms with van der Waals surface area (Å²) >= 11 is 0. The number of carboxylic acid groups (broad SMARTS) is 1. The Hall–Kier alpha value is -3.59. The van der Waals surface area contributed by atoms with Gasteiger partial charge >= 0.3 is 5.97 Å². The molecule has 2 aromatic carbocycles. The van der Waals surface area contributed by atoms with Crippen LogP contribution < -0.4 is 10.1 Å². The van der Waals surface area contributed by atoms with Crippen LogP contribution in [-0.2, 0) is 16.0 Å². The molecule has 6 heteroatoms. The molecule has 1 aliphatic heterocycles. The van der Waals surface area contributed by atoms with Gasteiger partial charge in [-0.15, -0.1) is 0 Å². The molecule has 2 aromatic rings. The lowest BCUT2D eigenvalue weighted by molar-refractivity contribution is -0.136. The number of fused-ring (bicyclic) bond motifs is 1. The van der Waals surface area contributed by atoms with Gasteiger partial charge in [0.2, 0.25) is 0 Å². The van der Waals surface area contributed by atoms with Crippen LogP contribution in [-0.4, -0.2) is 23.6 Å². The number of nitriles is 1. The number of hydrogen-bond donors (Lipinski definition) is 2. The van der Waals surface area contributed by atoms with Gasteiger partial charge in [-0.2, -0.15) is 5.26 Å². The summed E-state index contributed by atoms with van der Waals surface area (Å²) in [7, 11) is 0. The third kappa shape index (κ3) is 4.36. The van der Waals surface area contributed by atoms with Crippen molar-refractivity contribution in [3.63, 3.8) is 0 Å². The van der Waals surface area contributed by atoms with Crippen LogP contribution in [0.5, 0.6) is 5.75 Å². The number of ether oxygens (including phenoxy) is 1. The van der Waals surface area contributed by atoms with Crippen LogP contribution in [0.3, 0.4) is 0 Å². The predicted molar refractivity (Wildman–Crippen MR) is 115 cm³/mol. The standard InChI is InChI=1S/C24H24N2O4/c1-14(2)16-5-7-17(8-6-16)19-12-21(20(13-25)18-10-11-30-23(18)19)26-24(29)15(3)4-9-22(27)28/h5-8,12,14H,3-4,9-11H2,1-2H3,(H,26,29)(H,27,28). The average Bonchev–Trinajstić information content (AvgIpc) is 3.21. The van der Waals surface area contributed by atoms with E-state index in [0.717, 1.165) is 16.7 Å². The van der Waals surface area contributed by atoms with E-state index in [2.05, 4.69) is 43.9 Å². The molecule has 1 amide bonds. The molecule has 0 saturated heterocycles. The molecule has 0 aliphatic carbocycles. The Bertz CT molecular complexity index is 1050. The lowest BCUT2D eigenvalue weighted by atomic mass is 9.93. The van der Waals surface area contributed by atoms with E-state index in [1.54, 1.807) is 6.07 Å². The Labute approximate surface area is 175 Å². The first-order valence-electron chi connectivity index (χ1n) is 9.85. The number of carboxylic acids is 1. The molecule has 0 aromatic heterocycles. The van der Waals surface area contributed by atoms with Gasteiger partial charge in [0.1, 0.15) is 11.8 Å². The van der Waals surface area contributed by atoms with Crippen LogP contribution in [0.1, 0.15) is 49.3 Å². The van der Waals surface area contributed by atoms with Gasteiger partial charge in [0.25, 0.3) is 5.91 Å². The summed E-state index contributed by atoms with van der Waals surface area (Å²) in [5.41, 5.74) is 4.63. The number of nitrogens with zero attached hydrogens (tertiary/aromatic N) is 1. The maximum atomic E-state index is 12.5. The van der Waals surface area contributed by atoms with Crippen molar-refractivity contribution in [3.8, 4) is 22.9 Å². The first kappa shape index (κ1) is 21.1. The molecule has 0 spiro atoms. The smallest absolute Gasteiger partial charge is 0.303 e. The molecule has 0 fully saturated rings. The summed E-state index contributed by atoms with van der Waals surface area (Å²) in [5.74, 6) is -0.406. The molecule has 0 unspecified atom stereocenters. The quantitative estimate of drug-likeness (QED) is 0.655. The van der Waals surface area contributed by atoms with Crippen molar-refractivity contribution in [2.75, 3.05) is 11.9 Å². The third-order valence-electron chi connectivity index (χ3n) is 5.19. The van der Waals surface area contributed by atoms with Crippen LogP contribution in [0.2, 0.25) is 0 Å². The monoisotopic (exact) mass is 404 g/mol. The minimum atomic E-state index is -0.997. The number of aliphatic carboxylic acids is 1. The molecule has 6 nitrogen and oxygen atoms in total. The molecule has 0 atom stereocenters. The second-order valence-electron chi connectivity index (χ2n) is 7.59. The fourth-order valence-electron chi connectivity index (χ4n) is 3.45. The van der Waals surface area contributed by atoms with E-state index in [1.807, 2.05) is 12.1 Å². The topological polar surface area (TPSA) is 99.4 Å². The SMILES string of the molecule is C=C(CCC(=O)O)C(=O)Nc1cc(-c2ccc(C(C)C)cc2)c2c(c1C#N)CCO2. The third-order valence-corrected chi connectivity index (χ3v) is 5.19. The van der Waals surface area contributed by atoms with Gasteiger partial charge in [0, 0.05) is 29.5 Å². The molecule has 0 saturated carbocycles. The summed E-state index contributed by atoms with van der Waals surface area (Å²) in [4.78, 5) is 23.3. The number of nitrogens with one attached hydrogen (secondary N) is 1. The van der Waals surface area contributed by atoms with Gasteiger partial charge in [-0.05, 0) is 29.5 Å². The second-order valence-corrected chi connectivity index (χ2v) is 7.59. The zero-order valence-electron chi connectivity index (χ0n) is 17.1. The Morgan fingerprint density at radius 1 is 1.27 bits per heavy atom. The fourth-order valence-corrected chi connectivity index (χ4v) is 3.45. The van der Waals surface area contributed by atoms with Crippen molar-refractivity contribution >= 4 is 17.6 Å². The maximum absolute atomic E-state index is 12.5. The Morgan fingerprint density at radius 2 is 1.97 bits per heavy atom. The maximum Gasteiger partial charge on any atom is 0.303 e. The number of amides is 1. The molecule has 30 heavy (non-hydrogen) atoms. The summed E-state index contributed by atoms with van der Waals surface area (Å²) in [6.45, 7) is 8.41. The Kier molecular flexibility index (Phi) is 6.22. The van der Waals surface area contributed by atoms with Crippen LogP contribution in [0.15, 0.2) is 42.5 Å². The largest absolute Gasteiger partial charge is 0.492 e. The first-order valence-corrected chi connectivity index (χ1v) is 9.85. The predicted octanol–water partition coefficient (Wildman–Crippen LogP) is 4.64. The van der Waals surface area contributed by atoms with E-state index in [9.17, 15) is 14.9 Å². The Balaban J connectivity index is 1.99. The number of rotatable bonds is 7. The zero-order chi connectivity index (χ0) is 21.8. The first-order chi connectivity index (χ1) is 14.3. The lowest BCUT2D eigenvalue weighted by Crippen LogP contribution is -2.16. The summed E-state index contributed by atoms with van der Waals surface area (Å²) in [6.07, 6.45) is 0.447. The van der Waals surface area contributed by atoms with E-state index in [1.165, 1.54) is 5.56 Å². The van der Waals surface area contributed by atoms with E-state index in [4.69, 9.17) is 9.84 Å². The number of anilines is 1. The van der Waals surface area contributed by atoms with Gasteiger partial charge < -0.3 is 15.2 Å². The van der Waals surface area contributed by atoms with Gasteiger partial charge in [-0.1, -0.05) is 44.7 Å². The van der Waals surface area contributed by atoms with Crippen LogP contribution in [0.25, 0.3) is 11.1 Å². The van der Waals surface area contributed by atoms with Crippen molar-refractivity contribution in [2.45, 2.75) is 39.0 Å². The lowest BCUT2D eigenvalue weighted by Gasteiger charge is -2.16. The van der Waals surface area contributed by atoms with Crippen molar-refractivity contribution in [1.82, 2.24) is 0 Å². The van der Waals surface area contributed by atoms with Crippen LogP contribution >= 0.6 is 0 Å². The molecule has 1 aliphatic rings. The van der Waals surface area contributed by atoms with Crippen molar-refractivity contribution < 1.29 is 19.4 Å². The van der Waals surface area contributed by atoms with Gasteiger partial charge in [-0.3, -0.25) is 9.59 Å². The molecule has 154 valence electrons. The summed E-state index contributed by atoms with van der Waals surface area (Å²) in [5, 5.41) is 21.3. The molecule has 3 rings (SSSR count). The molecule has 0 bridgehead atoms. The van der Waals surface area contributed by atoms with Gasteiger partial charge in [0.05, 0.1) is 17.9 Å². The molecule has 0 radical (unpaired) electrons. The minimum Gasteiger partial charge on any atom is -0.492 e. The number of carbonyl (C=O) groups is 2. The fraction of sp³-hybridized carbons (Fsp3) is 0.292. The van der Waals surface area contributed by atoms with E-state index < -0.39 is 11.9 Å². The number of benzene rings is 2. The van der Waals surface area contributed by atoms with E-state index in [0.29, 0.717) is 35.9 Å². The highest BCUT2D eigenvalue weighted by atomic mass is 16.5. The molecular formula is C24H24N2O4. The van der Waals surface area contributed by atoms with Gasteiger partial charge in [-0.25, -0.2) is 0 Å². The van der Waals surface area contributed by atoms with E-state index in [-0.39, 0.29) is 18.4 Å². The van der Waals surface area contributed by atoms with Crippen LogP contribution in [0, 0.1) is 11.3 Å². The molecule has 2 N–H and O–H groups in total. The minimum absolute atomic E-state index is 0.0423. The van der Waals surface area contributed by atoms with Crippen molar-refractivity contribution in [3.05, 3.63) is 59.2 Å². The molecule has 1 heterocycles. The van der Waals surface area contributed by atoms with Crippen LogP contribution in [0.4, 0.5) is 5.69 Å². The average molecular weight is 404 g/mol. The van der Waals surface area contributed by atoms with Crippen molar-refractivity contribution in [1.29, 1.82) is 5.26 Å². The Morgan fingerprint density at radius 3 is 2.57 bits per heavy atom. The molecular weight excluding hydrogens is 380 g/mol. The highest BCUT2D eigenvalue weighted by molar-refractivity contribution is 6.05. The van der Waals surface area contributed by atoms with Crippen molar-refractivity contribution in [2.24, 2.45) is 0 Å². The number of hydrogen-bond acceptors (Lipinski definition) is 4. The highest BCUT2D eigenvalue weighted by Crippen LogP contribution is 2.42. The summed E-state index contributed by atoms with van der Waals surface area (Å²) < 4.78 is 5.83. The highest BCUT2D eigenvalue weighted by Gasteiger charge is 2.25.